The van der Waals surface area contributed by atoms with E-state index >= 15 is 0 Å². The highest BCUT2D eigenvalue weighted by atomic mass is 79.9. The average Bonchev–Trinajstić information content (AvgIpc) is 2.19. The summed E-state index contributed by atoms with van der Waals surface area (Å²) < 4.78 is 42.4. The van der Waals surface area contributed by atoms with Gasteiger partial charge in [0, 0.05) is 17.1 Å². The summed E-state index contributed by atoms with van der Waals surface area (Å²) in [4.78, 5) is 0. The Bertz CT molecular complexity index is 429. The zero-order valence-corrected chi connectivity index (χ0v) is 9.95. The van der Waals surface area contributed by atoms with Crippen molar-refractivity contribution < 1.29 is 17.9 Å². The molecule has 1 aromatic rings. The van der Waals surface area contributed by atoms with Crippen LogP contribution in [0.2, 0.25) is 0 Å². The predicted molar refractivity (Wildman–Crippen MR) is 57.9 cm³/mol. The van der Waals surface area contributed by atoms with Crippen LogP contribution in [0.5, 0.6) is 0 Å². The van der Waals surface area contributed by atoms with Crippen molar-refractivity contribution >= 4 is 15.9 Å². The molecule has 0 fully saturated rings. The number of hydrogen-bond acceptors (Lipinski definition) is 1. The van der Waals surface area contributed by atoms with Crippen LogP contribution in [0.25, 0.3) is 0 Å². The summed E-state index contributed by atoms with van der Waals surface area (Å²) >= 11 is 3.14. The summed E-state index contributed by atoms with van der Waals surface area (Å²) in [6.45, 7) is 0.183. The Balaban J connectivity index is 3.06. The lowest BCUT2D eigenvalue weighted by Crippen LogP contribution is -2.05. The Labute approximate surface area is 99.7 Å². The number of hydrogen-bond donors (Lipinski definition) is 0. The minimum absolute atomic E-state index is 0.183. The molecule has 1 rings (SSSR count). The fraction of sp³-hybridized carbons (Fsp3) is 0.273. The molecule has 0 aliphatic carbocycles. The predicted octanol–water partition coefficient (Wildman–Crippen LogP) is 3.47. The Morgan fingerprint density at radius 3 is 2.62 bits per heavy atom. The van der Waals surface area contributed by atoms with Crippen molar-refractivity contribution in [3.05, 3.63) is 33.8 Å². The maximum Gasteiger partial charge on any atom is 0.416 e. The first-order valence-corrected chi connectivity index (χ1v) is 5.09. The van der Waals surface area contributed by atoms with Crippen LogP contribution in [-0.2, 0) is 10.9 Å². The summed E-state index contributed by atoms with van der Waals surface area (Å²) in [5.74, 6) is 5.21. The topological polar surface area (TPSA) is 9.23 Å². The van der Waals surface area contributed by atoms with Gasteiger partial charge in [0.2, 0.25) is 0 Å². The normalized spacial score (nSPS) is 10.8. The van der Waals surface area contributed by atoms with Gasteiger partial charge >= 0.3 is 6.18 Å². The molecule has 1 nitrogen and oxygen atoms in total. The number of alkyl halides is 3. The van der Waals surface area contributed by atoms with Gasteiger partial charge in [-0.3, -0.25) is 0 Å². The van der Waals surface area contributed by atoms with Gasteiger partial charge in [-0.15, -0.1) is 0 Å². The highest BCUT2D eigenvalue weighted by Crippen LogP contribution is 2.31. The first kappa shape index (κ1) is 13.1. The van der Waals surface area contributed by atoms with Crippen molar-refractivity contribution in [2.45, 2.75) is 6.18 Å². The zero-order chi connectivity index (χ0) is 12.2. The first-order chi connectivity index (χ1) is 7.45. The van der Waals surface area contributed by atoms with Crippen LogP contribution in [0.3, 0.4) is 0 Å². The molecule has 0 bridgehead atoms. The minimum atomic E-state index is -4.35. The number of rotatable bonds is 1. The quantitative estimate of drug-likeness (QED) is 0.720. The zero-order valence-electron chi connectivity index (χ0n) is 8.36. The third kappa shape index (κ3) is 3.54. The van der Waals surface area contributed by atoms with Gasteiger partial charge in [0.1, 0.15) is 6.61 Å². The second-order valence-corrected chi connectivity index (χ2v) is 3.78. The van der Waals surface area contributed by atoms with Crippen LogP contribution in [-0.4, -0.2) is 13.7 Å². The SMILES string of the molecule is COCC#Cc1cc(C(F)(F)F)ccc1Br. The Morgan fingerprint density at radius 2 is 2.06 bits per heavy atom. The molecule has 86 valence electrons. The monoisotopic (exact) mass is 292 g/mol. The number of methoxy groups -OCH3 is 1. The Kier molecular flexibility index (Phi) is 4.39. The van der Waals surface area contributed by atoms with Gasteiger partial charge in [0.15, 0.2) is 0 Å². The van der Waals surface area contributed by atoms with Crippen LogP contribution in [0.15, 0.2) is 22.7 Å². The van der Waals surface area contributed by atoms with E-state index in [-0.39, 0.29) is 6.61 Å². The van der Waals surface area contributed by atoms with Gasteiger partial charge in [0.25, 0.3) is 0 Å². The first-order valence-electron chi connectivity index (χ1n) is 4.29. The minimum Gasteiger partial charge on any atom is -0.372 e. The van der Waals surface area contributed by atoms with Gasteiger partial charge in [-0.1, -0.05) is 11.8 Å². The van der Waals surface area contributed by atoms with E-state index in [0.717, 1.165) is 12.1 Å². The van der Waals surface area contributed by atoms with Crippen LogP contribution in [0.1, 0.15) is 11.1 Å². The van der Waals surface area contributed by atoms with Gasteiger partial charge in [-0.25, -0.2) is 0 Å². The molecule has 1 aromatic carbocycles. The summed E-state index contributed by atoms with van der Waals surface area (Å²) in [5, 5.41) is 0. The lowest BCUT2D eigenvalue weighted by Gasteiger charge is -2.07. The summed E-state index contributed by atoms with van der Waals surface area (Å²) in [7, 11) is 1.47. The van der Waals surface area contributed by atoms with E-state index in [1.807, 2.05) is 0 Å². The molecule has 0 N–H and O–H groups in total. The maximum atomic E-state index is 12.4. The van der Waals surface area contributed by atoms with Gasteiger partial charge in [-0.2, -0.15) is 13.2 Å². The van der Waals surface area contributed by atoms with Gasteiger partial charge < -0.3 is 4.74 Å². The molecule has 0 aliphatic heterocycles. The van der Waals surface area contributed by atoms with E-state index in [9.17, 15) is 13.2 Å². The van der Waals surface area contributed by atoms with E-state index in [1.54, 1.807) is 0 Å². The van der Waals surface area contributed by atoms with Gasteiger partial charge in [-0.05, 0) is 34.1 Å². The fourth-order valence-corrected chi connectivity index (χ4v) is 1.35. The van der Waals surface area contributed by atoms with E-state index in [4.69, 9.17) is 0 Å². The molecule has 0 saturated heterocycles. The largest absolute Gasteiger partial charge is 0.416 e. The summed E-state index contributed by atoms with van der Waals surface area (Å²) in [5.41, 5.74) is -0.413. The molecule has 0 aliphatic rings. The van der Waals surface area contributed by atoms with Crippen molar-refractivity contribution in [1.29, 1.82) is 0 Å². The van der Waals surface area contributed by atoms with Crippen molar-refractivity contribution in [2.75, 3.05) is 13.7 Å². The number of halogens is 4. The molecular formula is C11H8BrF3O. The van der Waals surface area contributed by atoms with E-state index < -0.39 is 11.7 Å². The van der Waals surface area contributed by atoms with E-state index in [1.165, 1.54) is 13.2 Å². The lowest BCUT2D eigenvalue weighted by atomic mass is 10.1. The van der Waals surface area contributed by atoms with Crippen molar-refractivity contribution in [1.82, 2.24) is 0 Å². The maximum absolute atomic E-state index is 12.4. The molecule has 0 aromatic heterocycles. The molecular weight excluding hydrogens is 285 g/mol. The van der Waals surface area contributed by atoms with Gasteiger partial charge in [0.05, 0.1) is 5.56 Å². The molecule has 0 atom stereocenters. The van der Waals surface area contributed by atoms with Crippen LogP contribution in [0, 0.1) is 11.8 Å². The highest BCUT2D eigenvalue weighted by molar-refractivity contribution is 9.10. The number of ether oxygens (including phenoxy) is 1. The second-order valence-electron chi connectivity index (χ2n) is 2.93. The third-order valence-corrected chi connectivity index (χ3v) is 2.42. The molecule has 0 unspecified atom stereocenters. The third-order valence-electron chi connectivity index (χ3n) is 1.73. The Hall–Kier alpha value is -0.990. The van der Waals surface area contributed by atoms with Crippen LogP contribution >= 0.6 is 15.9 Å². The van der Waals surface area contributed by atoms with E-state index in [2.05, 4.69) is 32.5 Å². The second kappa shape index (κ2) is 5.37. The molecule has 5 heteroatoms. The van der Waals surface area contributed by atoms with Crippen molar-refractivity contribution in [3.8, 4) is 11.8 Å². The molecule has 0 radical (unpaired) electrons. The fourth-order valence-electron chi connectivity index (χ4n) is 1.00. The smallest absolute Gasteiger partial charge is 0.372 e. The van der Waals surface area contributed by atoms with Crippen LogP contribution in [0.4, 0.5) is 13.2 Å². The van der Waals surface area contributed by atoms with Crippen molar-refractivity contribution in [2.24, 2.45) is 0 Å². The molecule has 0 saturated carbocycles. The standard InChI is InChI=1S/C11H8BrF3O/c1-16-6-2-3-8-7-9(11(13,14)15)4-5-10(8)12/h4-5,7H,6H2,1H3. The summed E-state index contributed by atoms with van der Waals surface area (Å²) in [6, 6.07) is 3.35. The van der Waals surface area contributed by atoms with Crippen molar-refractivity contribution in [3.63, 3.8) is 0 Å². The Morgan fingerprint density at radius 1 is 1.38 bits per heavy atom. The van der Waals surface area contributed by atoms with E-state index in [0.29, 0.717) is 10.0 Å². The molecule has 16 heavy (non-hydrogen) atoms. The van der Waals surface area contributed by atoms with Crippen LogP contribution < -0.4 is 0 Å². The molecule has 0 spiro atoms. The number of benzene rings is 1. The lowest BCUT2D eigenvalue weighted by molar-refractivity contribution is -0.137. The highest BCUT2D eigenvalue weighted by Gasteiger charge is 2.30. The molecule has 0 heterocycles. The average molecular weight is 293 g/mol. The summed E-state index contributed by atoms with van der Waals surface area (Å²) in [6.07, 6.45) is -4.35. The molecule has 0 amide bonds.